The largest absolute Gasteiger partial charge is 0.496 e. The highest BCUT2D eigenvalue weighted by Crippen LogP contribution is 2.37. The number of aromatic amines is 1. The average molecular weight is 401 g/mol. The molecule has 0 spiro atoms. The first-order valence-corrected chi connectivity index (χ1v) is 10.4. The molecule has 4 heteroatoms. The Morgan fingerprint density at radius 1 is 0.900 bits per heavy atom. The summed E-state index contributed by atoms with van der Waals surface area (Å²) >= 11 is 0. The molecule has 0 saturated carbocycles. The molecule has 30 heavy (non-hydrogen) atoms. The van der Waals surface area contributed by atoms with Crippen molar-refractivity contribution < 1.29 is 9.47 Å². The third kappa shape index (κ3) is 4.34. The maximum absolute atomic E-state index is 6.08. The Balaban J connectivity index is 1.71. The van der Waals surface area contributed by atoms with Crippen molar-refractivity contribution in [3.05, 3.63) is 83.9 Å². The van der Waals surface area contributed by atoms with E-state index in [1.165, 1.54) is 10.9 Å². The maximum atomic E-state index is 6.08. The second kappa shape index (κ2) is 9.51. The highest BCUT2D eigenvalue weighted by Gasteiger charge is 2.16. The topological polar surface area (TPSA) is 60.3 Å². The summed E-state index contributed by atoms with van der Waals surface area (Å²) in [5.41, 5.74) is 11.5. The number of nitrogens with two attached hydrogens (primary N) is 1. The van der Waals surface area contributed by atoms with Crippen LogP contribution < -0.4 is 15.2 Å². The minimum absolute atomic E-state index is 0.554. The van der Waals surface area contributed by atoms with Crippen molar-refractivity contribution in [3.63, 3.8) is 0 Å². The Morgan fingerprint density at radius 3 is 2.50 bits per heavy atom. The Bertz CT molecular complexity index is 1100. The number of hydrogen-bond donors (Lipinski definition) is 2. The lowest BCUT2D eigenvalue weighted by molar-refractivity contribution is 0.306. The van der Waals surface area contributed by atoms with E-state index >= 15 is 0 Å². The molecule has 0 bridgehead atoms. The molecule has 0 aliphatic heterocycles. The third-order valence-electron chi connectivity index (χ3n) is 5.38. The highest BCUT2D eigenvalue weighted by atomic mass is 16.5. The van der Waals surface area contributed by atoms with Crippen molar-refractivity contribution in [2.45, 2.75) is 25.9 Å². The summed E-state index contributed by atoms with van der Waals surface area (Å²) in [4.78, 5) is 3.62. The fourth-order valence-electron chi connectivity index (χ4n) is 3.84. The molecule has 3 aromatic carbocycles. The zero-order valence-electron chi connectivity index (χ0n) is 17.4. The monoisotopic (exact) mass is 400 g/mol. The van der Waals surface area contributed by atoms with Crippen LogP contribution in [-0.2, 0) is 13.0 Å². The van der Waals surface area contributed by atoms with Crippen LogP contribution in [-0.4, -0.2) is 18.6 Å². The van der Waals surface area contributed by atoms with Crippen molar-refractivity contribution >= 4 is 10.9 Å². The molecule has 154 valence electrons. The van der Waals surface area contributed by atoms with Crippen LogP contribution in [0.1, 0.15) is 24.0 Å². The van der Waals surface area contributed by atoms with Crippen LogP contribution in [0.3, 0.4) is 0 Å². The summed E-state index contributed by atoms with van der Waals surface area (Å²) in [7, 11) is 1.71. The number of methoxy groups -OCH3 is 1. The lowest BCUT2D eigenvalue weighted by Crippen LogP contribution is -1.99. The maximum Gasteiger partial charge on any atom is 0.128 e. The van der Waals surface area contributed by atoms with Gasteiger partial charge in [-0.15, -0.1) is 0 Å². The number of para-hydroxylation sites is 1. The summed E-state index contributed by atoms with van der Waals surface area (Å²) in [5, 5.41) is 1.19. The summed E-state index contributed by atoms with van der Waals surface area (Å²) in [6, 6.07) is 24.6. The predicted molar refractivity (Wildman–Crippen MR) is 123 cm³/mol. The Labute approximate surface area is 177 Å². The van der Waals surface area contributed by atoms with Gasteiger partial charge in [-0.3, -0.25) is 0 Å². The predicted octanol–water partition coefficient (Wildman–Crippen LogP) is 5.70. The standard InChI is InChI=1S/C26H28N2O2/c1-29-25-13-6-5-12-22(25)26-21(11-7-8-16-27)23-17-20(14-15-24(23)28-26)30-18-19-9-3-2-4-10-19/h2-6,9-10,12-15,17,28H,7-8,11,16,18,27H2,1H3. The number of benzene rings is 3. The van der Waals surface area contributed by atoms with E-state index < -0.39 is 0 Å². The third-order valence-corrected chi connectivity index (χ3v) is 5.38. The lowest BCUT2D eigenvalue weighted by atomic mass is 9.99. The smallest absolute Gasteiger partial charge is 0.128 e. The Morgan fingerprint density at radius 2 is 1.70 bits per heavy atom. The number of H-pyrrole nitrogens is 1. The molecule has 0 saturated heterocycles. The zero-order chi connectivity index (χ0) is 20.8. The molecule has 0 unspecified atom stereocenters. The molecular formula is C26H28N2O2. The molecule has 0 fully saturated rings. The quantitative estimate of drug-likeness (QED) is 0.354. The van der Waals surface area contributed by atoms with Crippen molar-refractivity contribution in [1.29, 1.82) is 0 Å². The van der Waals surface area contributed by atoms with Crippen molar-refractivity contribution in [2.75, 3.05) is 13.7 Å². The van der Waals surface area contributed by atoms with Crippen molar-refractivity contribution in [3.8, 4) is 22.8 Å². The van der Waals surface area contributed by atoms with Crippen LogP contribution >= 0.6 is 0 Å². The SMILES string of the molecule is COc1ccccc1-c1[nH]c2ccc(OCc3ccccc3)cc2c1CCCCN. The van der Waals surface area contributed by atoms with Crippen LogP contribution in [0.25, 0.3) is 22.2 Å². The zero-order valence-corrected chi connectivity index (χ0v) is 17.4. The molecule has 4 aromatic rings. The van der Waals surface area contributed by atoms with Gasteiger partial charge in [0.25, 0.3) is 0 Å². The fraction of sp³-hybridized carbons (Fsp3) is 0.231. The van der Waals surface area contributed by atoms with Crippen molar-refractivity contribution in [2.24, 2.45) is 5.73 Å². The number of fused-ring (bicyclic) bond motifs is 1. The molecule has 0 radical (unpaired) electrons. The summed E-state index contributed by atoms with van der Waals surface area (Å²) < 4.78 is 11.7. The van der Waals surface area contributed by atoms with E-state index in [1.54, 1.807) is 7.11 Å². The Kier molecular flexibility index (Phi) is 6.35. The molecule has 0 atom stereocenters. The van der Waals surface area contributed by atoms with Gasteiger partial charge in [0.05, 0.1) is 12.8 Å². The fourth-order valence-corrected chi connectivity index (χ4v) is 3.84. The van der Waals surface area contributed by atoms with Gasteiger partial charge in [0.15, 0.2) is 0 Å². The van der Waals surface area contributed by atoms with E-state index in [0.717, 1.165) is 53.1 Å². The van der Waals surface area contributed by atoms with Gasteiger partial charge in [-0.25, -0.2) is 0 Å². The van der Waals surface area contributed by atoms with Gasteiger partial charge in [-0.2, -0.15) is 0 Å². The minimum atomic E-state index is 0.554. The highest BCUT2D eigenvalue weighted by molar-refractivity contribution is 5.92. The second-order valence-corrected chi connectivity index (χ2v) is 7.41. The van der Waals surface area contributed by atoms with E-state index in [1.807, 2.05) is 42.5 Å². The number of ether oxygens (including phenoxy) is 2. The molecule has 0 aliphatic carbocycles. The van der Waals surface area contributed by atoms with Crippen LogP contribution in [0, 0.1) is 0 Å². The first-order chi connectivity index (χ1) is 14.8. The van der Waals surface area contributed by atoms with Gasteiger partial charge in [0, 0.05) is 16.5 Å². The minimum Gasteiger partial charge on any atom is -0.496 e. The number of nitrogens with one attached hydrogen (secondary N) is 1. The van der Waals surface area contributed by atoms with Gasteiger partial charge >= 0.3 is 0 Å². The van der Waals surface area contributed by atoms with E-state index in [-0.39, 0.29) is 0 Å². The first-order valence-electron chi connectivity index (χ1n) is 10.4. The molecule has 0 aliphatic rings. The van der Waals surface area contributed by atoms with Gasteiger partial charge in [0.1, 0.15) is 18.1 Å². The van der Waals surface area contributed by atoms with Gasteiger partial charge < -0.3 is 20.2 Å². The average Bonchev–Trinajstić information content (AvgIpc) is 3.16. The second-order valence-electron chi connectivity index (χ2n) is 7.41. The molecule has 4 rings (SSSR count). The van der Waals surface area contributed by atoms with E-state index in [2.05, 4.69) is 35.3 Å². The van der Waals surface area contributed by atoms with Gasteiger partial charge in [-0.05, 0) is 67.3 Å². The molecule has 1 aromatic heterocycles. The first kappa shape index (κ1) is 20.0. The normalized spacial score (nSPS) is 11.0. The van der Waals surface area contributed by atoms with E-state index in [0.29, 0.717) is 13.2 Å². The number of unbranched alkanes of at least 4 members (excludes halogenated alkanes) is 1. The van der Waals surface area contributed by atoms with Crippen LogP contribution in [0.15, 0.2) is 72.8 Å². The van der Waals surface area contributed by atoms with Gasteiger partial charge in [0.2, 0.25) is 0 Å². The molecule has 3 N–H and O–H groups in total. The number of aromatic nitrogens is 1. The molecule has 1 heterocycles. The molecular weight excluding hydrogens is 372 g/mol. The van der Waals surface area contributed by atoms with Crippen molar-refractivity contribution in [1.82, 2.24) is 4.98 Å². The lowest BCUT2D eigenvalue weighted by Gasteiger charge is -2.10. The summed E-state index contributed by atoms with van der Waals surface area (Å²) in [5.74, 6) is 1.74. The number of rotatable bonds is 9. The molecule has 4 nitrogen and oxygen atoms in total. The Hall–Kier alpha value is -3.24. The van der Waals surface area contributed by atoms with Crippen LogP contribution in [0.4, 0.5) is 0 Å². The van der Waals surface area contributed by atoms with E-state index in [4.69, 9.17) is 15.2 Å². The summed E-state index contributed by atoms with van der Waals surface area (Å²) in [6.07, 6.45) is 3.00. The van der Waals surface area contributed by atoms with E-state index in [9.17, 15) is 0 Å². The number of aryl methyl sites for hydroxylation is 1. The summed E-state index contributed by atoms with van der Waals surface area (Å²) in [6.45, 7) is 1.26. The van der Waals surface area contributed by atoms with Crippen LogP contribution in [0.5, 0.6) is 11.5 Å². The van der Waals surface area contributed by atoms with Gasteiger partial charge in [-0.1, -0.05) is 42.5 Å². The number of hydrogen-bond acceptors (Lipinski definition) is 3. The van der Waals surface area contributed by atoms with Crippen LogP contribution in [0.2, 0.25) is 0 Å². The molecule has 0 amide bonds.